The zero-order valence-electron chi connectivity index (χ0n) is 11.6. The molecule has 0 saturated carbocycles. The summed E-state index contributed by atoms with van der Waals surface area (Å²) in [6, 6.07) is 5.72. The van der Waals surface area contributed by atoms with Gasteiger partial charge in [0.25, 0.3) is 0 Å². The standard InChI is InChI=1S/C15H19BrN2OS/c1-2-18(12-5-3-4-6-12)15(19)10-20-14-9-11(16)7-8-13(14)17/h5,7-9H,2-4,6,10,17H2,1H3. The Morgan fingerprint density at radius 2 is 2.30 bits per heavy atom. The second-order valence-corrected chi connectivity index (χ2v) is 6.63. The van der Waals surface area contributed by atoms with Gasteiger partial charge in [-0.1, -0.05) is 22.0 Å². The second kappa shape index (κ2) is 7.18. The molecule has 2 rings (SSSR count). The maximum atomic E-state index is 12.3. The molecule has 108 valence electrons. The summed E-state index contributed by atoms with van der Waals surface area (Å²) in [5.74, 6) is 0.580. The summed E-state index contributed by atoms with van der Waals surface area (Å²) in [5, 5.41) is 0. The van der Waals surface area contributed by atoms with Crippen molar-refractivity contribution in [1.29, 1.82) is 0 Å². The first-order valence-corrected chi connectivity index (χ1v) is 8.57. The van der Waals surface area contributed by atoms with E-state index in [1.807, 2.05) is 30.0 Å². The van der Waals surface area contributed by atoms with Gasteiger partial charge in [0.05, 0.1) is 5.75 Å². The highest BCUT2D eigenvalue weighted by molar-refractivity contribution is 9.10. The number of carbonyl (C=O) groups is 1. The van der Waals surface area contributed by atoms with Crippen LogP contribution in [0, 0.1) is 0 Å². The third-order valence-electron chi connectivity index (χ3n) is 3.31. The minimum Gasteiger partial charge on any atom is -0.398 e. The molecule has 1 aromatic carbocycles. The number of nitrogen functional groups attached to an aromatic ring is 1. The Morgan fingerprint density at radius 1 is 1.50 bits per heavy atom. The van der Waals surface area contributed by atoms with Crippen molar-refractivity contribution >= 4 is 39.3 Å². The van der Waals surface area contributed by atoms with Crippen LogP contribution in [0.3, 0.4) is 0 Å². The van der Waals surface area contributed by atoms with E-state index < -0.39 is 0 Å². The van der Waals surface area contributed by atoms with Crippen LogP contribution in [-0.2, 0) is 4.79 Å². The van der Waals surface area contributed by atoms with Crippen LogP contribution in [0.2, 0.25) is 0 Å². The third kappa shape index (κ3) is 3.79. The predicted molar refractivity (Wildman–Crippen MR) is 88.6 cm³/mol. The molecule has 1 aliphatic rings. The van der Waals surface area contributed by atoms with E-state index in [1.54, 1.807) is 0 Å². The number of amides is 1. The Morgan fingerprint density at radius 3 is 2.95 bits per heavy atom. The largest absolute Gasteiger partial charge is 0.398 e. The molecular formula is C15H19BrN2OS. The fraction of sp³-hybridized carbons (Fsp3) is 0.400. The average molecular weight is 355 g/mol. The highest BCUT2D eigenvalue weighted by atomic mass is 79.9. The number of thioether (sulfide) groups is 1. The van der Waals surface area contributed by atoms with E-state index in [-0.39, 0.29) is 5.91 Å². The maximum Gasteiger partial charge on any atom is 0.237 e. The highest BCUT2D eigenvalue weighted by Crippen LogP contribution is 2.29. The molecule has 0 heterocycles. The lowest BCUT2D eigenvalue weighted by Crippen LogP contribution is -2.31. The van der Waals surface area contributed by atoms with Gasteiger partial charge >= 0.3 is 0 Å². The first-order valence-electron chi connectivity index (χ1n) is 6.79. The minimum atomic E-state index is 0.157. The lowest BCUT2D eigenvalue weighted by Gasteiger charge is -2.22. The Bertz CT molecular complexity index is 531. The first-order chi connectivity index (χ1) is 9.61. The topological polar surface area (TPSA) is 46.3 Å². The number of carbonyl (C=O) groups excluding carboxylic acids is 1. The molecule has 5 heteroatoms. The molecule has 0 spiro atoms. The second-order valence-electron chi connectivity index (χ2n) is 4.70. The maximum absolute atomic E-state index is 12.3. The smallest absolute Gasteiger partial charge is 0.237 e. The van der Waals surface area contributed by atoms with Crippen LogP contribution in [0.4, 0.5) is 5.69 Å². The van der Waals surface area contributed by atoms with Gasteiger partial charge in [0, 0.05) is 27.3 Å². The molecule has 1 aliphatic carbocycles. The fourth-order valence-corrected chi connectivity index (χ4v) is 3.68. The van der Waals surface area contributed by atoms with Crippen molar-refractivity contribution in [3.05, 3.63) is 34.4 Å². The van der Waals surface area contributed by atoms with Crippen molar-refractivity contribution < 1.29 is 4.79 Å². The van der Waals surface area contributed by atoms with Gasteiger partial charge in [-0.25, -0.2) is 0 Å². The number of rotatable bonds is 5. The van der Waals surface area contributed by atoms with Crippen LogP contribution in [0.5, 0.6) is 0 Å². The normalized spacial score (nSPS) is 14.2. The van der Waals surface area contributed by atoms with Crippen LogP contribution in [0.25, 0.3) is 0 Å². The van der Waals surface area contributed by atoms with E-state index in [2.05, 4.69) is 22.0 Å². The number of halogens is 1. The number of nitrogens with zero attached hydrogens (tertiary/aromatic N) is 1. The molecule has 0 fully saturated rings. The molecule has 0 aromatic heterocycles. The van der Waals surface area contributed by atoms with E-state index in [0.717, 1.165) is 35.2 Å². The summed E-state index contributed by atoms with van der Waals surface area (Å²) in [5.41, 5.74) is 7.83. The van der Waals surface area contributed by atoms with Gasteiger partial charge in [-0.15, -0.1) is 11.8 Å². The molecule has 1 amide bonds. The van der Waals surface area contributed by atoms with Gasteiger partial charge in [0.15, 0.2) is 0 Å². The molecule has 20 heavy (non-hydrogen) atoms. The summed E-state index contributed by atoms with van der Waals surface area (Å²) in [7, 11) is 0. The Hall–Kier alpha value is -0.940. The van der Waals surface area contributed by atoms with Gasteiger partial charge in [-0.3, -0.25) is 4.79 Å². The molecule has 2 N–H and O–H groups in total. The van der Waals surface area contributed by atoms with Crippen LogP contribution in [-0.4, -0.2) is 23.1 Å². The van der Waals surface area contributed by atoms with E-state index in [0.29, 0.717) is 11.4 Å². The van der Waals surface area contributed by atoms with E-state index in [1.165, 1.54) is 17.5 Å². The summed E-state index contributed by atoms with van der Waals surface area (Å²) in [6.45, 7) is 2.76. The SMILES string of the molecule is CCN(C(=O)CSc1cc(Br)ccc1N)C1=CCCC1. The number of anilines is 1. The monoisotopic (exact) mass is 354 g/mol. The lowest BCUT2D eigenvalue weighted by molar-refractivity contribution is -0.126. The molecule has 0 saturated heterocycles. The molecular weight excluding hydrogens is 336 g/mol. The number of nitrogens with two attached hydrogens (primary N) is 1. The van der Waals surface area contributed by atoms with Crippen LogP contribution in [0.1, 0.15) is 26.2 Å². The fourth-order valence-electron chi connectivity index (χ4n) is 2.29. The number of benzene rings is 1. The summed E-state index contributed by atoms with van der Waals surface area (Å²) < 4.78 is 0.979. The van der Waals surface area contributed by atoms with Crippen molar-refractivity contribution in [3.63, 3.8) is 0 Å². The summed E-state index contributed by atoms with van der Waals surface area (Å²) >= 11 is 4.92. The van der Waals surface area contributed by atoms with Gasteiger partial charge < -0.3 is 10.6 Å². The Labute approximate surface area is 132 Å². The molecule has 0 radical (unpaired) electrons. The van der Waals surface area contributed by atoms with Gasteiger partial charge in [-0.2, -0.15) is 0 Å². The van der Waals surface area contributed by atoms with Gasteiger partial charge in [0.1, 0.15) is 0 Å². The molecule has 3 nitrogen and oxygen atoms in total. The van der Waals surface area contributed by atoms with Crippen molar-refractivity contribution in [1.82, 2.24) is 4.90 Å². The van der Waals surface area contributed by atoms with Gasteiger partial charge in [-0.05, 0) is 44.4 Å². The zero-order valence-corrected chi connectivity index (χ0v) is 14.0. The van der Waals surface area contributed by atoms with Crippen LogP contribution >= 0.6 is 27.7 Å². The van der Waals surface area contributed by atoms with Gasteiger partial charge in [0.2, 0.25) is 5.91 Å². The summed E-state index contributed by atoms with van der Waals surface area (Å²) in [6.07, 6.45) is 5.44. The van der Waals surface area contributed by atoms with Crippen molar-refractivity contribution in [2.24, 2.45) is 0 Å². The third-order valence-corrected chi connectivity index (χ3v) is 4.86. The van der Waals surface area contributed by atoms with Crippen LogP contribution in [0.15, 0.2) is 39.3 Å². The zero-order chi connectivity index (χ0) is 14.5. The molecule has 0 unspecified atom stereocenters. The van der Waals surface area contributed by atoms with Crippen molar-refractivity contribution in [3.8, 4) is 0 Å². The predicted octanol–water partition coefficient (Wildman–Crippen LogP) is 4.04. The minimum absolute atomic E-state index is 0.157. The number of allylic oxidation sites excluding steroid dienone is 2. The van der Waals surface area contributed by atoms with E-state index >= 15 is 0 Å². The highest BCUT2D eigenvalue weighted by Gasteiger charge is 2.18. The van der Waals surface area contributed by atoms with E-state index in [4.69, 9.17) is 5.73 Å². The molecule has 0 atom stereocenters. The first kappa shape index (κ1) is 15.4. The molecule has 0 bridgehead atoms. The number of hydrogen-bond donors (Lipinski definition) is 1. The van der Waals surface area contributed by atoms with E-state index in [9.17, 15) is 4.79 Å². The summed E-state index contributed by atoms with van der Waals surface area (Å²) in [4.78, 5) is 15.2. The molecule has 0 aliphatic heterocycles. The quantitative estimate of drug-likeness (QED) is 0.641. The Balaban J connectivity index is 1.98. The van der Waals surface area contributed by atoms with Crippen molar-refractivity contribution in [2.45, 2.75) is 31.1 Å². The lowest BCUT2D eigenvalue weighted by atomic mass is 10.3. The van der Waals surface area contributed by atoms with Crippen LogP contribution < -0.4 is 5.73 Å². The Kier molecular flexibility index (Phi) is 5.54. The van der Waals surface area contributed by atoms with Crippen molar-refractivity contribution in [2.75, 3.05) is 18.0 Å². The molecule has 1 aromatic rings. The number of hydrogen-bond acceptors (Lipinski definition) is 3. The average Bonchev–Trinajstić information content (AvgIpc) is 2.94.